The minimum absolute atomic E-state index is 0.00712. The second kappa shape index (κ2) is 7.56. The minimum atomic E-state index is -0.236. The zero-order valence-electron chi connectivity index (χ0n) is 18.3. The molecule has 3 aliphatic heterocycles. The summed E-state index contributed by atoms with van der Waals surface area (Å²) in [5, 5.41) is 0. The molecule has 160 valence electrons. The summed E-state index contributed by atoms with van der Waals surface area (Å²) in [6.07, 6.45) is 2.24. The zero-order valence-corrected chi connectivity index (χ0v) is 18.3. The Morgan fingerprint density at radius 3 is 1.97 bits per heavy atom. The van der Waals surface area contributed by atoms with Crippen molar-refractivity contribution < 1.29 is 19.0 Å². The van der Waals surface area contributed by atoms with Crippen LogP contribution in [0.25, 0.3) is 0 Å². The number of piperidine rings is 1. The van der Waals surface area contributed by atoms with E-state index in [2.05, 4.69) is 44.5 Å². The molecule has 3 aliphatic rings. The van der Waals surface area contributed by atoms with Crippen LogP contribution >= 0.6 is 0 Å². The summed E-state index contributed by atoms with van der Waals surface area (Å²) >= 11 is 0. The fraction of sp³-hybridized carbons (Fsp3) is 0.696. The molecule has 2 atom stereocenters. The van der Waals surface area contributed by atoms with E-state index in [0.717, 1.165) is 44.8 Å². The van der Waals surface area contributed by atoms with Crippen molar-refractivity contribution >= 4 is 11.7 Å². The predicted molar refractivity (Wildman–Crippen MR) is 112 cm³/mol. The van der Waals surface area contributed by atoms with Crippen molar-refractivity contribution in [1.29, 1.82) is 0 Å². The first-order valence-corrected chi connectivity index (χ1v) is 10.7. The molecule has 1 aromatic rings. The van der Waals surface area contributed by atoms with Gasteiger partial charge in [0.1, 0.15) is 6.10 Å². The van der Waals surface area contributed by atoms with Crippen LogP contribution in [0.2, 0.25) is 0 Å². The Hall–Kier alpha value is -1.63. The zero-order chi connectivity index (χ0) is 20.8. The third-order valence-electron chi connectivity index (χ3n) is 6.67. The van der Waals surface area contributed by atoms with Crippen molar-refractivity contribution in [1.82, 2.24) is 4.90 Å². The summed E-state index contributed by atoms with van der Waals surface area (Å²) in [5.74, 6) is -0.236. The normalized spacial score (nSPS) is 28.0. The fourth-order valence-electron chi connectivity index (χ4n) is 4.51. The number of hydrogen-bond acceptors (Lipinski definition) is 6. The number of carbonyl (C=O) groups is 1. The van der Waals surface area contributed by atoms with Crippen molar-refractivity contribution in [3.63, 3.8) is 0 Å². The highest BCUT2D eigenvalue weighted by Crippen LogP contribution is 2.38. The highest BCUT2D eigenvalue weighted by Gasteiger charge is 2.44. The molecule has 0 spiro atoms. The van der Waals surface area contributed by atoms with Crippen LogP contribution in [0.15, 0.2) is 24.3 Å². The number of epoxide rings is 2. The van der Waals surface area contributed by atoms with Gasteiger partial charge >= 0.3 is 5.97 Å². The summed E-state index contributed by atoms with van der Waals surface area (Å²) in [6.45, 7) is 12.2. The number of esters is 1. The Kier molecular flexibility index (Phi) is 5.38. The molecule has 6 heteroatoms. The molecule has 0 N–H and O–H groups in total. The average molecular weight is 403 g/mol. The second-order valence-corrected chi connectivity index (χ2v) is 9.98. The van der Waals surface area contributed by atoms with Crippen molar-refractivity contribution in [3.05, 3.63) is 29.8 Å². The lowest BCUT2D eigenvalue weighted by molar-refractivity contribution is -0.0732. The number of rotatable bonds is 7. The van der Waals surface area contributed by atoms with Crippen molar-refractivity contribution in [3.8, 4) is 0 Å². The summed E-state index contributed by atoms with van der Waals surface area (Å²) in [5.41, 5.74) is 1.68. The van der Waals surface area contributed by atoms with Crippen LogP contribution in [-0.2, 0) is 14.2 Å². The molecule has 1 aromatic carbocycles. The van der Waals surface area contributed by atoms with E-state index in [9.17, 15) is 4.79 Å². The maximum atomic E-state index is 12.8. The quantitative estimate of drug-likeness (QED) is 0.516. The summed E-state index contributed by atoms with van der Waals surface area (Å²) in [4.78, 5) is 17.5. The Bertz CT molecular complexity index is 706. The number of anilines is 1. The molecule has 4 rings (SSSR count). The lowest BCUT2D eigenvalue weighted by Crippen LogP contribution is -2.60. The highest BCUT2D eigenvalue weighted by atomic mass is 16.6. The Labute approximate surface area is 174 Å². The van der Waals surface area contributed by atoms with E-state index in [-0.39, 0.29) is 23.2 Å². The van der Waals surface area contributed by atoms with E-state index >= 15 is 0 Å². The first kappa shape index (κ1) is 20.6. The molecular formula is C23H34N2O4. The lowest BCUT2D eigenvalue weighted by Gasteiger charge is -2.53. The van der Waals surface area contributed by atoms with Gasteiger partial charge in [-0.15, -0.1) is 0 Å². The van der Waals surface area contributed by atoms with E-state index in [0.29, 0.717) is 17.8 Å². The van der Waals surface area contributed by atoms with Gasteiger partial charge in [0.25, 0.3) is 0 Å². The first-order valence-electron chi connectivity index (χ1n) is 10.7. The third-order valence-corrected chi connectivity index (χ3v) is 6.67. The Balaban J connectivity index is 1.40. The first-order chi connectivity index (χ1) is 13.6. The van der Waals surface area contributed by atoms with Crippen LogP contribution < -0.4 is 4.90 Å². The van der Waals surface area contributed by atoms with Crippen LogP contribution in [0.4, 0.5) is 5.69 Å². The van der Waals surface area contributed by atoms with Gasteiger partial charge in [0, 0.05) is 42.7 Å². The summed E-state index contributed by atoms with van der Waals surface area (Å²) in [6, 6.07) is 7.75. The van der Waals surface area contributed by atoms with Crippen LogP contribution in [0, 0.1) is 0 Å². The van der Waals surface area contributed by atoms with Gasteiger partial charge in [-0.1, -0.05) is 0 Å². The molecule has 0 aromatic heterocycles. The molecule has 0 aliphatic carbocycles. The molecule has 2 unspecified atom stereocenters. The third kappa shape index (κ3) is 4.93. The highest BCUT2D eigenvalue weighted by molar-refractivity contribution is 5.90. The lowest BCUT2D eigenvalue weighted by atomic mass is 9.79. The molecular weight excluding hydrogens is 368 g/mol. The number of nitrogens with zero attached hydrogens (tertiary/aromatic N) is 2. The van der Waals surface area contributed by atoms with Gasteiger partial charge < -0.3 is 19.1 Å². The van der Waals surface area contributed by atoms with E-state index in [1.165, 1.54) is 0 Å². The largest absolute Gasteiger partial charge is 0.459 e. The molecule has 3 heterocycles. The van der Waals surface area contributed by atoms with Crippen molar-refractivity contribution in [2.75, 3.05) is 38.3 Å². The molecule has 3 fully saturated rings. The van der Waals surface area contributed by atoms with E-state index < -0.39 is 0 Å². The molecule has 0 amide bonds. The van der Waals surface area contributed by atoms with Crippen LogP contribution in [0.3, 0.4) is 0 Å². The van der Waals surface area contributed by atoms with Gasteiger partial charge in [0.2, 0.25) is 0 Å². The molecule has 29 heavy (non-hydrogen) atoms. The van der Waals surface area contributed by atoms with E-state index in [4.69, 9.17) is 14.2 Å². The molecule has 0 saturated carbocycles. The maximum Gasteiger partial charge on any atom is 0.338 e. The standard InChI is InChI=1S/C23H34N2O4/c1-22(2)10-18(11-23(3,4)24(22)5)29-21(26)16-6-8-17(9-7-16)25(12-19-14-27-19)13-20-15-28-20/h6-9,18-20H,10-15H2,1-5H3. The average Bonchev–Trinajstić information content (AvgIpc) is 3.55. The summed E-state index contributed by atoms with van der Waals surface area (Å²) < 4.78 is 16.7. The van der Waals surface area contributed by atoms with Crippen LogP contribution in [0.5, 0.6) is 0 Å². The van der Waals surface area contributed by atoms with Crippen molar-refractivity contribution in [2.45, 2.75) is 69.9 Å². The Morgan fingerprint density at radius 1 is 1.03 bits per heavy atom. The van der Waals surface area contributed by atoms with Crippen LogP contribution in [-0.4, -0.2) is 73.6 Å². The fourth-order valence-corrected chi connectivity index (χ4v) is 4.51. The van der Waals surface area contributed by atoms with E-state index in [1.807, 2.05) is 24.3 Å². The summed E-state index contributed by atoms with van der Waals surface area (Å²) in [7, 11) is 2.15. The number of hydrogen-bond donors (Lipinski definition) is 0. The maximum absolute atomic E-state index is 12.8. The second-order valence-electron chi connectivity index (χ2n) is 9.98. The van der Waals surface area contributed by atoms with Gasteiger partial charge in [-0.25, -0.2) is 4.79 Å². The monoisotopic (exact) mass is 402 g/mol. The number of likely N-dealkylation sites (tertiary alicyclic amines) is 1. The van der Waals surface area contributed by atoms with Gasteiger partial charge in [-0.3, -0.25) is 4.90 Å². The number of ether oxygens (including phenoxy) is 3. The number of benzene rings is 1. The van der Waals surface area contributed by atoms with E-state index in [1.54, 1.807) is 0 Å². The topological polar surface area (TPSA) is 57.8 Å². The molecule has 0 bridgehead atoms. The smallest absolute Gasteiger partial charge is 0.338 e. The van der Waals surface area contributed by atoms with Crippen molar-refractivity contribution in [2.24, 2.45) is 0 Å². The molecule has 6 nitrogen and oxygen atoms in total. The van der Waals surface area contributed by atoms with Crippen LogP contribution in [0.1, 0.15) is 50.9 Å². The van der Waals surface area contributed by atoms with Gasteiger partial charge in [0.05, 0.1) is 31.0 Å². The van der Waals surface area contributed by atoms with Gasteiger partial charge in [-0.2, -0.15) is 0 Å². The SMILES string of the molecule is CN1C(C)(C)CC(OC(=O)c2ccc(N(CC3CO3)CC3CO3)cc2)CC1(C)C. The van der Waals surface area contributed by atoms with Gasteiger partial charge in [-0.05, 0) is 59.0 Å². The number of carbonyl (C=O) groups excluding carboxylic acids is 1. The molecule has 0 radical (unpaired) electrons. The Morgan fingerprint density at radius 2 is 1.52 bits per heavy atom. The predicted octanol–water partition coefficient (Wildman–Crippen LogP) is 3.10. The molecule has 3 saturated heterocycles. The van der Waals surface area contributed by atoms with Gasteiger partial charge in [0.15, 0.2) is 0 Å². The minimum Gasteiger partial charge on any atom is -0.459 e.